The van der Waals surface area contributed by atoms with Crippen molar-refractivity contribution in [3.63, 3.8) is 0 Å². The van der Waals surface area contributed by atoms with E-state index in [1.54, 1.807) is 6.92 Å². The summed E-state index contributed by atoms with van der Waals surface area (Å²) in [5, 5.41) is 9.95. The van der Waals surface area contributed by atoms with Gasteiger partial charge in [-0.1, -0.05) is 29.0 Å². The predicted molar refractivity (Wildman–Crippen MR) is 87.4 cm³/mol. The van der Waals surface area contributed by atoms with Crippen LogP contribution >= 0.6 is 11.3 Å². The van der Waals surface area contributed by atoms with Crippen molar-refractivity contribution < 1.29 is 18.7 Å². The third-order valence-corrected chi connectivity index (χ3v) is 4.85. The quantitative estimate of drug-likeness (QED) is 0.833. The number of carboxylic acid groups (broad SMARTS) is 1. The Morgan fingerprint density at radius 3 is 2.23 bits per heavy atom. The summed E-state index contributed by atoms with van der Waals surface area (Å²) in [5.41, 5.74) is 2.92. The molecule has 1 heterocycles. The average Bonchev–Trinajstić information content (AvgIpc) is 2.74. The average molecular weight is 340 g/mol. The maximum absolute atomic E-state index is 11.9. The number of carbonyl (C=O) groups is 1. The largest absolute Gasteiger partial charge is 0.476 e. The highest BCUT2D eigenvalue weighted by Crippen LogP contribution is 2.38. The maximum Gasteiger partial charge on any atom is 0.357 e. The number of rotatable bonds is 4. The van der Waals surface area contributed by atoms with Crippen molar-refractivity contribution in [2.45, 2.75) is 27.7 Å². The molecule has 2 N–H and O–H groups in total. The first-order valence-electron chi connectivity index (χ1n) is 6.42. The first kappa shape index (κ1) is 16.6. The molecular weight excluding hydrogens is 324 g/mol. The first-order valence-corrected chi connectivity index (χ1v) is 8.30. The van der Waals surface area contributed by atoms with Gasteiger partial charge in [0.05, 0.1) is 10.7 Å². The van der Waals surface area contributed by atoms with Crippen LogP contribution in [-0.2, 0) is 11.3 Å². The van der Waals surface area contributed by atoms with Gasteiger partial charge < -0.3 is 5.11 Å². The Morgan fingerprint density at radius 2 is 1.77 bits per heavy atom. The van der Waals surface area contributed by atoms with E-state index in [0.717, 1.165) is 32.3 Å². The molecule has 0 aliphatic rings. The minimum Gasteiger partial charge on any atom is -0.476 e. The molecular formula is C14H16N2O4S2. The van der Waals surface area contributed by atoms with E-state index < -0.39 is 17.2 Å². The minimum atomic E-state index is -2.41. The number of aromatic nitrogens is 1. The van der Waals surface area contributed by atoms with Gasteiger partial charge in [0.15, 0.2) is 5.69 Å². The van der Waals surface area contributed by atoms with E-state index in [9.17, 15) is 18.7 Å². The van der Waals surface area contributed by atoms with Crippen LogP contribution in [0.5, 0.6) is 0 Å². The fourth-order valence-electron chi connectivity index (χ4n) is 2.44. The third kappa shape index (κ3) is 3.03. The Morgan fingerprint density at radius 1 is 1.23 bits per heavy atom. The molecule has 0 spiro atoms. The van der Waals surface area contributed by atoms with Crippen LogP contribution in [0.3, 0.4) is 0 Å². The molecule has 22 heavy (non-hydrogen) atoms. The van der Waals surface area contributed by atoms with Crippen molar-refractivity contribution in [1.29, 1.82) is 0 Å². The summed E-state index contributed by atoms with van der Waals surface area (Å²) in [6, 6.07) is 3.77. The normalized spacial score (nSPS) is 12.2. The van der Waals surface area contributed by atoms with Crippen LogP contribution in [0.4, 0.5) is 10.7 Å². The summed E-state index contributed by atoms with van der Waals surface area (Å²) in [5.74, 6) is -1.22. The lowest BCUT2D eigenvalue weighted by atomic mass is 10.1. The molecule has 0 aliphatic carbocycles. The molecule has 0 amide bonds. The van der Waals surface area contributed by atoms with Gasteiger partial charge in [0.1, 0.15) is 5.00 Å². The van der Waals surface area contributed by atoms with Crippen molar-refractivity contribution >= 4 is 39.3 Å². The van der Waals surface area contributed by atoms with Gasteiger partial charge in [-0.2, -0.15) is 0 Å². The number of hydrogen-bond acceptors (Lipinski definition) is 4. The Balaban J connectivity index is 2.73. The lowest BCUT2D eigenvalue weighted by Crippen LogP contribution is -2.22. The maximum atomic E-state index is 11.9. The number of anilines is 2. The second kappa shape index (κ2) is 6.15. The smallest absolute Gasteiger partial charge is 0.357 e. The van der Waals surface area contributed by atoms with Gasteiger partial charge in [-0.25, -0.2) is 18.3 Å². The minimum absolute atomic E-state index is 0.154. The Kier molecular flexibility index (Phi) is 4.64. The molecule has 0 radical (unpaired) electrons. The molecule has 0 saturated heterocycles. The van der Waals surface area contributed by atoms with Gasteiger partial charge >= 0.3 is 5.97 Å². The molecule has 0 saturated carbocycles. The monoisotopic (exact) mass is 340 g/mol. The molecule has 118 valence electrons. The second-order valence-corrected chi connectivity index (χ2v) is 6.97. The molecule has 1 unspecified atom stereocenters. The molecule has 8 heteroatoms. The highest BCUT2D eigenvalue weighted by atomic mass is 32.2. The molecule has 0 bridgehead atoms. The van der Waals surface area contributed by atoms with Crippen molar-refractivity contribution in [2.75, 3.05) is 4.31 Å². The molecule has 0 aliphatic heterocycles. The standard InChI is InChI=1S/C14H16N2O4S2/c1-7-5-8(2)12(9(3)6-7)16(22(19)20)13-11(14(17)18)15-10(4)21-13/h5-6H,1-4H3,(H,17,18)(H,19,20). The number of aryl methyl sites for hydroxylation is 4. The van der Waals surface area contributed by atoms with Gasteiger partial charge in [0.25, 0.3) is 11.3 Å². The van der Waals surface area contributed by atoms with Crippen molar-refractivity contribution in [2.24, 2.45) is 0 Å². The van der Waals surface area contributed by atoms with Crippen molar-refractivity contribution in [3.05, 3.63) is 39.5 Å². The summed E-state index contributed by atoms with van der Waals surface area (Å²) in [4.78, 5) is 15.3. The number of benzene rings is 1. The van der Waals surface area contributed by atoms with Gasteiger partial charge in [0, 0.05) is 0 Å². The van der Waals surface area contributed by atoms with Crippen molar-refractivity contribution in [1.82, 2.24) is 4.98 Å². The van der Waals surface area contributed by atoms with E-state index in [1.165, 1.54) is 0 Å². The van der Waals surface area contributed by atoms with Crippen LogP contribution in [-0.4, -0.2) is 24.8 Å². The van der Waals surface area contributed by atoms with Crippen molar-refractivity contribution in [3.8, 4) is 0 Å². The zero-order valence-corrected chi connectivity index (χ0v) is 14.2. The van der Waals surface area contributed by atoms with E-state index in [-0.39, 0.29) is 10.7 Å². The van der Waals surface area contributed by atoms with Gasteiger partial charge in [-0.05, 0) is 38.8 Å². The van der Waals surface area contributed by atoms with E-state index >= 15 is 0 Å². The van der Waals surface area contributed by atoms with Crippen LogP contribution in [0.1, 0.15) is 32.2 Å². The summed E-state index contributed by atoms with van der Waals surface area (Å²) in [6.07, 6.45) is 0. The highest BCUT2D eigenvalue weighted by molar-refractivity contribution is 7.81. The van der Waals surface area contributed by atoms with E-state index in [4.69, 9.17) is 0 Å². The summed E-state index contributed by atoms with van der Waals surface area (Å²) >= 11 is -1.33. The van der Waals surface area contributed by atoms with Gasteiger partial charge in [-0.15, -0.1) is 0 Å². The van der Waals surface area contributed by atoms with Crippen LogP contribution in [0, 0.1) is 27.7 Å². The molecule has 0 fully saturated rings. The number of nitrogens with zero attached hydrogens (tertiary/aromatic N) is 2. The molecule has 6 nitrogen and oxygen atoms in total. The number of aromatic carboxylic acids is 1. The molecule has 1 aromatic carbocycles. The SMILES string of the molecule is Cc1cc(C)c(N(c2sc(C)nc2C(=O)O)S(=O)O)c(C)c1. The first-order chi connectivity index (χ1) is 10.2. The Bertz CT molecular complexity index is 747. The summed E-state index contributed by atoms with van der Waals surface area (Å²) < 4.78 is 22.8. The molecule has 1 atom stereocenters. The molecule has 2 rings (SSSR count). The zero-order valence-electron chi connectivity index (χ0n) is 12.6. The van der Waals surface area contributed by atoms with E-state index in [1.807, 2.05) is 32.9 Å². The number of hydrogen-bond donors (Lipinski definition) is 2. The summed E-state index contributed by atoms with van der Waals surface area (Å²) in [6.45, 7) is 7.24. The number of thiazole rings is 1. The van der Waals surface area contributed by atoms with Gasteiger partial charge in [0.2, 0.25) is 0 Å². The predicted octanol–water partition coefficient (Wildman–Crippen LogP) is 3.35. The van der Waals surface area contributed by atoms with Crippen LogP contribution in [0.2, 0.25) is 0 Å². The fourth-order valence-corrected chi connectivity index (χ4v) is 4.23. The lowest BCUT2D eigenvalue weighted by Gasteiger charge is -2.23. The van der Waals surface area contributed by atoms with E-state index in [0.29, 0.717) is 10.7 Å². The second-order valence-electron chi connectivity index (χ2n) is 4.96. The van der Waals surface area contributed by atoms with Crippen LogP contribution in [0.25, 0.3) is 0 Å². The summed E-state index contributed by atoms with van der Waals surface area (Å²) in [7, 11) is 0. The molecule has 1 aromatic heterocycles. The highest BCUT2D eigenvalue weighted by Gasteiger charge is 2.28. The fraction of sp³-hybridized carbons (Fsp3) is 0.286. The van der Waals surface area contributed by atoms with Crippen LogP contribution in [0.15, 0.2) is 12.1 Å². The Hall–Kier alpha value is -1.77. The third-order valence-electron chi connectivity index (χ3n) is 3.10. The lowest BCUT2D eigenvalue weighted by molar-refractivity contribution is 0.0692. The topological polar surface area (TPSA) is 90.7 Å². The van der Waals surface area contributed by atoms with Crippen LogP contribution < -0.4 is 4.31 Å². The zero-order chi connectivity index (χ0) is 16.6. The van der Waals surface area contributed by atoms with E-state index in [2.05, 4.69) is 4.98 Å². The Labute approximate surface area is 134 Å². The van der Waals surface area contributed by atoms with Gasteiger partial charge in [-0.3, -0.25) is 4.55 Å². The molecule has 2 aromatic rings. The number of carboxylic acids is 1.